The number of nitrogens with zero attached hydrogens (tertiary/aromatic N) is 1. The van der Waals surface area contributed by atoms with Gasteiger partial charge in [0.1, 0.15) is 0 Å². The summed E-state index contributed by atoms with van der Waals surface area (Å²) in [6, 6.07) is -0.413. The number of hydrogen-bond donors (Lipinski definition) is 1. The standard InChI is InChI=1S/C10H20N2O2.ClH/c1-8(11)10(13)12(2)5-6-14-7-9-3-4-9;/h8-9H,3-7,11H2,1-2H3;1H/t8-;/m1./s1. The highest BCUT2D eigenvalue weighted by atomic mass is 35.5. The minimum atomic E-state index is -0.413. The molecule has 2 N–H and O–H groups in total. The quantitative estimate of drug-likeness (QED) is 0.689. The summed E-state index contributed by atoms with van der Waals surface area (Å²) in [5.74, 6) is 0.754. The Hall–Kier alpha value is -0.320. The van der Waals surface area contributed by atoms with Gasteiger partial charge in [0.2, 0.25) is 5.91 Å². The lowest BCUT2D eigenvalue weighted by atomic mass is 10.3. The van der Waals surface area contributed by atoms with Crippen LogP contribution in [0.5, 0.6) is 0 Å². The van der Waals surface area contributed by atoms with E-state index >= 15 is 0 Å². The summed E-state index contributed by atoms with van der Waals surface area (Å²) in [4.78, 5) is 13.0. The topological polar surface area (TPSA) is 55.6 Å². The minimum absolute atomic E-state index is 0. The Morgan fingerprint density at radius 2 is 2.20 bits per heavy atom. The molecule has 1 saturated carbocycles. The Kier molecular flexibility index (Phi) is 6.89. The number of carbonyl (C=O) groups excluding carboxylic acids is 1. The van der Waals surface area contributed by atoms with E-state index in [0.29, 0.717) is 13.2 Å². The Morgan fingerprint density at radius 3 is 2.67 bits per heavy atom. The maximum atomic E-state index is 11.3. The summed E-state index contributed by atoms with van der Waals surface area (Å²) < 4.78 is 5.42. The van der Waals surface area contributed by atoms with Gasteiger partial charge in [-0.2, -0.15) is 0 Å². The van der Waals surface area contributed by atoms with Gasteiger partial charge in [-0.05, 0) is 25.7 Å². The van der Waals surface area contributed by atoms with Crippen LogP contribution in [-0.2, 0) is 9.53 Å². The third kappa shape index (κ3) is 5.97. The molecule has 0 radical (unpaired) electrons. The van der Waals surface area contributed by atoms with E-state index in [2.05, 4.69) is 0 Å². The normalized spacial score (nSPS) is 16.7. The molecule has 1 fully saturated rings. The number of ether oxygens (including phenoxy) is 1. The van der Waals surface area contributed by atoms with E-state index in [1.807, 2.05) is 0 Å². The molecule has 0 unspecified atom stereocenters. The van der Waals surface area contributed by atoms with E-state index in [0.717, 1.165) is 12.5 Å². The van der Waals surface area contributed by atoms with Crippen molar-refractivity contribution >= 4 is 18.3 Å². The molecule has 1 aliphatic rings. The molecular weight excluding hydrogens is 216 g/mol. The third-order valence-corrected chi connectivity index (χ3v) is 2.39. The maximum Gasteiger partial charge on any atom is 0.239 e. The van der Waals surface area contributed by atoms with Gasteiger partial charge in [0.05, 0.1) is 12.6 Å². The minimum Gasteiger partial charge on any atom is -0.379 e. The molecule has 1 atom stereocenters. The van der Waals surface area contributed by atoms with Crippen molar-refractivity contribution in [2.24, 2.45) is 11.7 Å². The maximum absolute atomic E-state index is 11.3. The molecule has 0 aromatic rings. The predicted octanol–water partition coefficient (Wildman–Crippen LogP) is 0.640. The molecule has 0 saturated heterocycles. The van der Waals surface area contributed by atoms with Crippen molar-refractivity contribution in [3.8, 4) is 0 Å². The van der Waals surface area contributed by atoms with E-state index in [1.165, 1.54) is 12.8 Å². The number of halogens is 1. The van der Waals surface area contributed by atoms with Crippen LogP contribution in [0, 0.1) is 5.92 Å². The van der Waals surface area contributed by atoms with Crippen LogP contribution in [-0.4, -0.2) is 43.7 Å². The number of amides is 1. The molecule has 1 aliphatic carbocycles. The van der Waals surface area contributed by atoms with Crippen LogP contribution in [0.2, 0.25) is 0 Å². The fraction of sp³-hybridized carbons (Fsp3) is 0.900. The first-order valence-electron chi connectivity index (χ1n) is 5.19. The lowest BCUT2D eigenvalue weighted by molar-refractivity contribution is -0.131. The number of nitrogens with two attached hydrogens (primary N) is 1. The van der Waals surface area contributed by atoms with Crippen LogP contribution < -0.4 is 5.73 Å². The fourth-order valence-electron chi connectivity index (χ4n) is 1.19. The summed E-state index contributed by atoms with van der Waals surface area (Å²) in [6.07, 6.45) is 2.60. The Morgan fingerprint density at radius 1 is 1.60 bits per heavy atom. The second-order valence-corrected chi connectivity index (χ2v) is 4.07. The van der Waals surface area contributed by atoms with E-state index in [4.69, 9.17) is 10.5 Å². The van der Waals surface area contributed by atoms with Gasteiger partial charge in [-0.3, -0.25) is 4.79 Å². The molecule has 90 valence electrons. The average Bonchev–Trinajstić information content (AvgIpc) is 2.94. The monoisotopic (exact) mass is 236 g/mol. The zero-order valence-corrected chi connectivity index (χ0v) is 10.3. The lowest BCUT2D eigenvalue weighted by Crippen LogP contribution is -2.41. The molecule has 0 spiro atoms. The van der Waals surface area contributed by atoms with Crippen LogP contribution in [0.15, 0.2) is 0 Å². The molecule has 0 aromatic carbocycles. The van der Waals surface area contributed by atoms with Gasteiger partial charge in [-0.15, -0.1) is 12.4 Å². The molecule has 15 heavy (non-hydrogen) atoms. The van der Waals surface area contributed by atoms with Crippen LogP contribution in [0.3, 0.4) is 0 Å². The average molecular weight is 237 g/mol. The van der Waals surface area contributed by atoms with Gasteiger partial charge >= 0.3 is 0 Å². The fourth-order valence-corrected chi connectivity index (χ4v) is 1.19. The molecule has 0 heterocycles. The molecule has 0 aromatic heterocycles. The third-order valence-electron chi connectivity index (χ3n) is 2.39. The van der Waals surface area contributed by atoms with E-state index in [-0.39, 0.29) is 18.3 Å². The Bertz CT molecular complexity index is 196. The van der Waals surface area contributed by atoms with E-state index in [1.54, 1.807) is 18.9 Å². The van der Waals surface area contributed by atoms with Gasteiger partial charge in [-0.25, -0.2) is 0 Å². The second-order valence-electron chi connectivity index (χ2n) is 4.07. The molecule has 1 rings (SSSR count). The second kappa shape index (κ2) is 7.04. The van der Waals surface area contributed by atoms with Crippen LogP contribution in [0.4, 0.5) is 0 Å². The number of likely N-dealkylation sites (N-methyl/N-ethyl adjacent to an activating group) is 1. The number of hydrogen-bond acceptors (Lipinski definition) is 3. The highest BCUT2D eigenvalue weighted by Crippen LogP contribution is 2.28. The molecule has 4 nitrogen and oxygen atoms in total. The highest BCUT2D eigenvalue weighted by Gasteiger charge is 2.21. The van der Waals surface area contributed by atoms with Gasteiger partial charge in [0.25, 0.3) is 0 Å². The lowest BCUT2D eigenvalue weighted by Gasteiger charge is -2.18. The Labute approximate surface area is 97.5 Å². The zero-order chi connectivity index (χ0) is 10.6. The Balaban J connectivity index is 0.00000196. The van der Waals surface area contributed by atoms with E-state index in [9.17, 15) is 4.79 Å². The first-order valence-corrected chi connectivity index (χ1v) is 5.19. The predicted molar refractivity (Wildman–Crippen MR) is 62.1 cm³/mol. The van der Waals surface area contributed by atoms with Crippen molar-refractivity contribution in [2.45, 2.75) is 25.8 Å². The first-order chi connectivity index (χ1) is 6.61. The highest BCUT2D eigenvalue weighted by molar-refractivity contribution is 5.85. The SMILES string of the molecule is C[C@@H](N)C(=O)N(C)CCOCC1CC1.Cl. The zero-order valence-electron chi connectivity index (χ0n) is 9.44. The van der Waals surface area contributed by atoms with Crippen LogP contribution >= 0.6 is 12.4 Å². The largest absolute Gasteiger partial charge is 0.379 e. The molecule has 1 amide bonds. The van der Waals surface area contributed by atoms with Gasteiger partial charge in [-0.1, -0.05) is 0 Å². The summed E-state index contributed by atoms with van der Waals surface area (Å²) >= 11 is 0. The molecule has 0 aliphatic heterocycles. The summed E-state index contributed by atoms with van der Waals surface area (Å²) in [7, 11) is 1.76. The molecule has 5 heteroatoms. The van der Waals surface area contributed by atoms with E-state index < -0.39 is 6.04 Å². The van der Waals surface area contributed by atoms with Crippen molar-refractivity contribution in [2.75, 3.05) is 26.8 Å². The summed E-state index contributed by atoms with van der Waals surface area (Å²) in [5, 5.41) is 0. The van der Waals surface area contributed by atoms with Gasteiger partial charge in [0, 0.05) is 20.2 Å². The summed E-state index contributed by atoms with van der Waals surface area (Å²) in [5.41, 5.74) is 5.47. The smallest absolute Gasteiger partial charge is 0.239 e. The molecule has 0 bridgehead atoms. The van der Waals surface area contributed by atoms with Gasteiger partial charge < -0.3 is 15.4 Å². The summed E-state index contributed by atoms with van der Waals surface area (Å²) in [6.45, 7) is 3.79. The molecular formula is C10H21ClN2O2. The van der Waals surface area contributed by atoms with Crippen molar-refractivity contribution in [1.82, 2.24) is 4.90 Å². The van der Waals surface area contributed by atoms with Crippen molar-refractivity contribution in [3.05, 3.63) is 0 Å². The van der Waals surface area contributed by atoms with Crippen molar-refractivity contribution < 1.29 is 9.53 Å². The first kappa shape index (κ1) is 14.7. The van der Waals surface area contributed by atoms with Crippen LogP contribution in [0.1, 0.15) is 19.8 Å². The number of carbonyl (C=O) groups is 1. The van der Waals surface area contributed by atoms with Gasteiger partial charge in [0.15, 0.2) is 0 Å². The number of rotatable bonds is 6. The van der Waals surface area contributed by atoms with Crippen LogP contribution in [0.25, 0.3) is 0 Å². The van der Waals surface area contributed by atoms with Crippen molar-refractivity contribution in [1.29, 1.82) is 0 Å². The van der Waals surface area contributed by atoms with Crippen molar-refractivity contribution in [3.63, 3.8) is 0 Å².